The largest absolute Gasteiger partial charge is 0.453 e. The van der Waals surface area contributed by atoms with Gasteiger partial charge in [-0.3, -0.25) is 4.98 Å². The van der Waals surface area contributed by atoms with E-state index < -0.39 is 23.4 Å². The van der Waals surface area contributed by atoms with Gasteiger partial charge in [0.1, 0.15) is 17.3 Å². The first-order valence-corrected chi connectivity index (χ1v) is 14.6. The lowest BCUT2D eigenvalue weighted by Crippen LogP contribution is -2.54. The summed E-state index contributed by atoms with van der Waals surface area (Å²) < 4.78 is 57.6. The quantitative estimate of drug-likeness (QED) is 0.267. The summed E-state index contributed by atoms with van der Waals surface area (Å²) in [5, 5.41) is 10.6. The lowest BCUT2D eigenvalue weighted by molar-refractivity contribution is -0.0117. The summed E-state index contributed by atoms with van der Waals surface area (Å²) in [4.78, 5) is 20.6. The Bertz CT molecular complexity index is 1640. The minimum atomic E-state index is -1.85. The fourth-order valence-corrected chi connectivity index (χ4v) is 6.43. The second-order valence-electron chi connectivity index (χ2n) is 11.6. The van der Waals surface area contributed by atoms with Crippen LogP contribution in [0.3, 0.4) is 0 Å². The molecule has 4 N–H and O–H groups in total. The lowest BCUT2D eigenvalue weighted by Gasteiger charge is -2.39. The van der Waals surface area contributed by atoms with E-state index in [4.69, 9.17) is 15.2 Å². The number of carbonyl (C=O) groups excluding carboxylic acids is 1. The third-order valence-corrected chi connectivity index (χ3v) is 8.78. The van der Waals surface area contributed by atoms with Crippen LogP contribution in [-0.2, 0) is 15.1 Å². The first kappa shape index (κ1) is 29.8. The number of benzene rings is 1. The van der Waals surface area contributed by atoms with Crippen molar-refractivity contribution in [3.63, 3.8) is 0 Å². The number of halogens is 3. The highest BCUT2D eigenvalue weighted by atomic mass is 19.1. The molecular weight excluding hydrogens is 575 g/mol. The van der Waals surface area contributed by atoms with Crippen molar-refractivity contribution < 1.29 is 27.4 Å². The van der Waals surface area contributed by atoms with Gasteiger partial charge in [0.25, 0.3) is 0 Å². The number of carbonyl (C=O) groups is 1. The van der Waals surface area contributed by atoms with Gasteiger partial charge < -0.3 is 25.8 Å². The van der Waals surface area contributed by atoms with Gasteiger partial charge in [-0.1, -0.05) is 6.92 Å². The molecule has 1 saturated carbocycles. The SMILES string of the molecule is COC(=O)N[C@@H]1[C@H](N)C[C@H](c2ccncc2Nc2ncc3ccc(-c4c(F)cc(C5(F)CCOCC5)cc4F)nn23)C[C@@H]1C. The number of hydrogen-bond donors (Lipinski definition) is 3. The number of rotatable bonds is 6. The maximum Gasteiger partial charge on any atom is 0.407 e. The van der Waals surface area contributed by atoms with E-state index in [9.17, 15) is 4.79 Å². The number of nitrogens with one attached hydrogen (secondary N) is 2. The van der Waals surface area contributed by atoms with Crippen molar-refractivity contribution in [1.29, 1.82) is 0 Å². The summed E-state index contributed by atoms with van der Waals surface area (Å²) in [6.45, 7) is 2.42. The Morgan fingerprint density at radius 3 is 2.59 bits per heavy atom. The van der Waals surface area contributed by atoms with Gasteiger partial charge in [0.2, 0.25) is 5.95 Å². The maximum absolute atomic E-state index is 15.4. The van der Waals surface area contributed by atoms with E-state index in [2.05, 4.69) is 25.7 Å². The third-order valence-electron chi connectivity index (χ3n) is 8.78. The van der Waals surface area contributed by atoms with Crippen LogP contribution >= 0.6 is 0 Å². The van der Waals surface area contributed by atoms with Crippen LogP contribution in [0.2, 0.25) is 0 Å². The van der Waals surface area contributed by atoms with E-state index >= 15 is 13.2 Å². The van der Waals surface area contributed by atoms with Gasteiger partial charge in [0, 0.05) is 44.3 Å². The van der Waals surface area contributed by atoms with E-state index in [1.54, 1.807) is 24.7 Å². The van der Waals surface area contributed by atoms with Crippen LogP contribution in [0.15, 0.2) is 48.9 Å². The van der Waals surface area contributed by atoms with E-state index in [0.717, 1.165) is 24.1 Å². The summed E-state index contributed by atoms with van der Waals surface area (Å²) in [6, 6.07) is 6.64. The molecular formula is C31H34F3N7O3. The Labute approximate surface area is 252 Å². The highest BCUT2D eigenvalue weighted by Crippen LogP contribution is 2.40. The molecule has 13 heteroatoms. The Kier molecular flexibility index (Phi) is 8.16. The number of methoxy groups -OCH3 is 1. The van der Waals surface area contributed by atoms with Crippen molar-refractivity contribution >= 4 is 23.2 Å². The molecule has 0 unspecified atom stereocenters. The minimum Gasteiger partial charge on any atom is -0.453 e. The lowest BCUT2D eigenvalue weighted by atomic mass is 9.73. The number of imidazole rings is 1. The van der Waals surface area contributed by atoms with Crippen molar-refractivity contribution in [1.82, 2.24) is 24.9 Å². The molecule has 1 saturated heterocycles. The van der Waals surface area contributed by atoms with E-state index in [0.29, 0.717) is 23.6 Å². The monoisotopic (exact) mass is 609 g/mol. The van der Waals surface area contributed by atoms with Gasteiger partial charge in [-0.05, 0) is 66.1 Å². The van der Waals surface area contributed by atoms with Crippen LogP contribution in [0.25, 0.3) is 16.8 Å². The van der Waals surface area contributed by atoms with Crippen LogP contribution in [0.1, 0.15) is 49.7 Å². The summed E-state index contributed by atoms with van der Waals surface area (Å²) in [6.07, 6.45) is 5.89. The van der Waals surface area contributed by atoms with Gasteiger partial charge in [0.15, 0.2) is 0 Å². The third kappa shape index (κ3) is 5.69. The van der Waals surface area contributed by atoms with Gasteiger partial charge in [-0.25, -0.2) is 22.9 Å². The normalized spacial score (nSPS) is 23.3. The maximum atomic E-state index is 15.4. The average molecular weight is 610 g/mol. The molecule has 4 atom stereocenters. The van der Waals surface area contributed by atoms with Crippen LogP contribution in [0.5, 0.6) is 0 Å². The predicted molar refractivity (Wildman–Crippen MR) is 157 cm³/mol. The second-order valence-corrected chi connectivity index (χ2v) is 11.6. The Balaban J connectivity index is 1.28. The predicted octanol–water partition coefficient (Wildman–Crippen LogP) is 5.35. The molecule has 6 rings (SSSR count). The van der Waals surface area contributed by atoms with E-state index in [-0.39, 0.29) is 66.8 Å². The summed E-state index contributed by atoms with van der Waals surface area (Å²) in [5.74, 6) is -1.34. The number of hydrogen-bond acceptors (Lipinski definition) is 8. The Morgan fingerprint density at radius 2 is 1.89 bits per heavy atom. The van der Waals surface area contributed by atoms with Crippen molar-refractivity contribution in [2.45, 2.75) is 56.3 Å². The number of ether oxygens (including phenoxy) is 2. The number of nitrogens with zero attached hydrogens (tertiary/aromatic N) is 4. The zero-order chi connectivity index (χ0) is 31.0. The van der Waals surface area contributed by atoms with Crippen molar-refractivity contribution in [3.8, 4) is 11.3 Å². The van der Waals surface area contributed by atoms with Crippen LogP contribution < -0.4 is 16.4 Å². The van der Waals surface area contributed by atoms with Crippen LogP contribution in [0.4, 0.5) is 29.6 Å². The highest BCUT2D eigenvalue weighted by Gasteiger charge is 2.37. The molecule has 0 radical (unpaired) electrons. The zero-order valence-corrected chi connectivity index (χ0v) is 24.4. The molecule has 2 aliphatic rings. The molecule has 1 aromatic carbocycles. The minimum absolute atomic E-state index is 0.0302. The van der Waals surface area contributed by atoms with Gasteiger partial charge in [0.05, 0.1) is 42.0 Å². The van der Waals surface area contributed by atoms with Gasteiger partial charge in [-0.15, -0.1) is 0 Å². The molecule has 10 nitrogen and oxygen atoms in total. The number of alkyl halides is 1. The molecule has 0 spiro atoms. The van der Waals surface area contributed by atoms with Gasteiger partial charge >= 0.3 is 6.09 Å². The molecule has 2 fully saturated rings. The standard InChI is InChI=1S/C31H34F3N7O3/c1-17-11-18(12-24(35)28(17)39-30(42)43-2)21-5-8-36-16-26(21)38-29-37-15-20-3-4-25(40-41(20)29)27-22(32)13-19(14-23(27)33)31(34)6-9-44-10-7-31/h3-5,8,13-18,24,28H,6-7,9-12,35H2,1-2H3,(H,37,38)(H,39,42)/t17-,18+,24+,28-/m0/s1. The molecule has 0 bridgehead atoms. The number of fused-ring (bicyclic) bond motifs is 1. The summed E-state index contributed by atoms with van der Waals surface area (Å²) in [7, 11) is 1.32. The van der Waals surface area contributed by atoms with Crippen molar-refractivity contribution in [3.05, 3.63) is 71.7 Å². The smallest absolute Gasteiger partial charge is 0.407 e. The van der Waals surface area contributed by atoms with Gasteiger partial charge in [-0.2, -0.15) is 9.61 Å². The van der Waals surface area contributed by atoms with Crippen molar-refractivity contribution in [2.75, 3.05) is 25.6 Å². The van der Waals surface area contributed by atoms with Crippen LogP contribution in [-0.4, -0.2) is 58.1 Å². The second kappa shape index (κ2) is 12.0. The molecule has 1 aliphatic carbocycles. The molecule has 3 aromatic heterocycles. The highest BCUT2D eigenvalue weighted by molar-refractivity contribution is 5.68. The summed E-state index contributed by atoms with van der Waals surface area (Å²) in [5.41, 5.74) is 6.52. The molecule has 1 amide bonds. The fraction of sp³-hybridized carbons (Fsp3) is 0.419. The summed E-state index contributed by atoms with van der Waals surface area (Å²) >= 11 is 0. The fourth-order valence-electron chi connectivity index (χ4n) is 6.43. The molecule has 4 aromatic rings. The number of amides is 1. The number of nitrogens with two attached hydrogens (primary N) is 1. The molecule has 1 aliphatic heterocycles. The number of anilines is 2. The number of aromatic nitrogens is 4. The molecule has 232 valence electrons. The molecule has 44 heavy (non-hydrogen) atoms. The van der Waals surface area contributed by atoms with E-state index in [1.165, 1.54) is 17.7 Å². The number of pyridine rings is 1. The first-order valence-electron chi connectivity index (χ1n) is 14.6. The average Bonchev–Trinajstić information content (AvgIpc) is 3.41. The topological polar surface area (TPSA) is 129 Å². The zero-order valence-electron chi connectivity index (χ0n) is 24.4. The van der Waals surface area contributed by atoms with Crippen LogP contribution in [0, 0.1) is 17.6 Å². The van der Waals surface area contributed by atoms with Crippen molar-refractivity contribution in [2.24, 2.45) is 11.7 Å². The number of alkyl carbamates (subject to hydrolysis) is 1. The Hall–Kier alpha value is -4.23. The Morgan fingerprint density at radius 1 is 1.14 bits per heavy atom. The first-order chi connectivity index (χ1) is 21.2. The van der Waals surface area contributed by atoms with E-state index in [1.807, 2.05) is 13.0 Å². The molecule has 4 heterocycles.